The second kappa shape index (κ2) is 8.29. The molecule has 1 aliphatic heterocycles. The van der Waals surface area contributed by atoms with Crippen LogP contribution in [0.2, 0.25) is 0 Å². The van der Waals surface area contributed by atoms with Crippen molar-refractivity contribution in [3.63, 3.8) is 0 Å². The van der Waals surface area contributed by atoms with E-state index in [2.05, 4.69) is 26.9 Å². The summed E-state index contributed by atoms with van der Waals surface area (Å²) in [5, 5.41) is 16.3. The van der Waals surface area contributed by atoms with Crippen LogP contribution in [0.4, 0.5) is 15.6 Å². The number of rotatable bonds is 6. The van der Waals surface area contributed by atoms with Crippen LogP contribution in [0.5, 0.6) is 0 Å². The van der Waals surface area contributed by atoms with Gasteiger partial charge in [-0.3, -0.25) is 15.0 Å². The molecule has 1 fully saturated rings. The summed E-state index contributed by atoms with van der Waals surface area (Å²) < 4.78 is 0.815. The molecule has 0 atom stereocenters. The Hall–Kier alpha value is -2.43. The van der Waals surface area contributed by atoms with Crippen LogP contribution in [-0.2, 0) is 5.75 Å². The molecule has 3 amide bonds. The Bertz CT molecular complexity index is 1000. The lowest BCUT2D eigenvalue weighted by atomic mass is 10.1. The van der Waals surface area contributed by atoms with E-state index in [1.807, 2.05) is 18.4 Å². The number of urea groups is 1. The van der Waals surface area contributed by atoms with Gasteiger partial charge in [-0.15, -0.1) is 21.5 Å². The lowest BCUT2D eigenvalue weighted by Crippen LogP contribution is -2.28. The average Bonchev–Trinajstić information content (AvgIpc) is 3.42. The van der Waals surface area contributed by atoms with Crippen LogP contribution in [0, 0.1) is 6.92 Å². The van der Waals surface area contributed by atoms with E-state index in [1.54, 1.807) is 46.2 Å². The van der Waals surface area contributed by atoms with E-state index < -0.39 is 0 Å². The molecule has 10 heteroatoms. The number of hydrogen-bond donors (Lipinski definition) is 2. The summed E-state index contributed by atoms with van der Waals surface area (Å²) in [5.74, 6) is 0.594. The first-order valence-electron chi connectivity index (χ1n) is 8.56. The molecule has 0 radical (unpaired) electrons. The van der Waals surface area contributed by atoms with Gasteiger partial charge < -0.3 is 5.32 Å². The van der Waals surface area contributed by atoms with Gasteiger partial charge in [0.1, 0.15) is 0 Å². The van der Waals surface area contributed by atoms with Gasteiger partial charge in [-0.05, 0) is 42.1 Å². The predicted molar refractivity (Wildman–Crippen MR) is 114 cm³/mol. The number of thioether (sulfide) groups is 1. The van der Waals surface area contributed by atoms with Crippen LogP contribution >= 0.6 is 34.4 Å². The fourth-order valence-corrected chi connectivity index (χ4v) is 5.34. The molecular formula is C18H17N5O2S3. The van der Waals surface area contributed by atoms with Gasteiger partial charge in [0.15, 0.2) is 4.34 Å². The number of hydrogen-bond acceptors (Lipinski definition) is 7. The minimum Gasteiger partial charge on any atom is -0.336 e. The fourth-order valence-electron chi connectivity index (χ4n) is 2.82. The predicted octanol–water partition coefficient (Wildman–Crippen LogP) is 3.98. The van der Waals surface area contributed by atoms with Gasteiger partial charge in [-0.25, -0.2) is 4.79 Å². The fraction of sp³-hybridized carbons (Fsp3) is 0.222. The molecule has 4 rings (SSSR count). The van der Waals surface area contributed by atoms with Gasteiger partial charge in [-0.1, -0.05) is 29.2 Å². The van der Waals surface area contributed by atoms with Gasteiger partial charge in [0.25, 0.3) is 5.91 Å². The van der Waals surface area contributed by atoms with Crippen LogP contribution in [0.15, 0.2) is 40.1 Å². The maximum absolute atomic E-state index is 12.5. The summed E-state index contributed by atoms with van der Waals surface area (Å²) in [6.45, 7) is 3.15. The molecule has 0 saturated carbocycles. The molecule has 144 valence electrons. The van der Waals surface area contributed by atoms with Crippen molar-refractivity contribution in [1.29, 1.82) is 0 Å². The molecule has 3 heterocycles. The molecule has 1 aliphatic rings. The molecule has 0 spiro atoms. The number of anilines is 2. The van der Waals surface area contributed by atoms with Crippen molar-refractivity contribution in [2.24, 2.45) is 0 Å². The first-order chi connectivity index (χ1) is 13.6. The standard InChI is InChI=1S/C18H17N5O2S3/c1-11-9-12(4-5-14(11)23-7-6-19-17(23)25)15(24)20-16-21-22-18(28-16)27-10-13-3-2-8-26-13/h2-5,8-9H,6-7,10H2,1H3,(H,19,25)(H,20,21,24). The van der Waals surface area contributed by atoms with Crippen LogP contribution in [0.25, 0.3) is 0 Å². The number of aromatic nitrogens is 2. The highest BCUT2D eigenvalue weighted by Gasteiger charge is 2.23. The zero-order valence-corrected chi connectivity index (χ0v) is 17.4. The molecule has 2 aromatic heterocycles. The number of benzene rings is 1. The number of nitrogens with one attached hydrogen (secondary N) is 2. The third-order valence-corrected chi connectivity index (χ3v) is 7.23. The van der Waals surface area contributed by atoms with Crippen LogP contribution in [0.1, 0.15) is 20.8 Å². The smallest absolute Gasteiger partial charge is 0.322 e. The van der Waals surface area contributed by atoms with Gasteiger partial charge in [-0.2, -0.15) is 0 Å². The van der Waals surface area contributed by atoms with Crippen LogP contribution < -0.4 is 15.5 Å². The number of carbonyl (C=O) groups excluding carboxylic acids is 2. The summed E-state index contributed by atoms with van der Waals surface area (Å²) in [6, 6.07) is 9.30. The maximum atomic E-state index is 12.5. The Morgan fingerprint density at radius 3 is 2.96 bits per heavy atom. The van der Waals surface area contributed by atoms with Gasteiger partial charge >= 0.3 is 6.03 Å². The van der Waals surface area contributed by atoms with Crippen LogP contribution in [-0.4, -0.2) is 35.2 Å². The minimum absolute atomic E-state index is 0.110. The minimum atomic E-state index is -0.244. The summed E-state index contributed by atoms with van der Waals surface area (Å²) in [4.78, 5) is 27.3. The number of nitrogens with zero attached hydrogens (tertiary/aromatic N) is 3. The number of carbonyl (C=O) groups is 2. The SMILES string of the molecule is Cc1cc(C(=O)Nc2nnc(SCc3cccs3)s2)ccc1N1CCNC1=O. The van der Waals surface area contributed by atoms with Crippen molar-refractivity contribution in [3.05, 3.63) is 51.7 Å². The van der Waals surface area contributed by atoms with Gasteiger partial charge in [0.2, 0.25) is 5.13 Å². The number of aryl methyl sites for hydroxylation is 1. The Labute approximate surface area is 174 Å². The molecule has 0 bridgehead atoms. The van der Waals surface area contributed by atoms with Crippen molar-refractivity contribution in [2.75, 3.05) is 23.3 Å². The second-order valence-corrected chi connectivity index (χ2v) is 9.31. The average molecular weight is 432 g/mol. The highest BCUT2D eigenvalue weighted by atomic mass is 32.2. The maximum Gasteiger partial charge on any atom is 0.322 e. The molecule has 2 N–H and O–H groups in total. The highest BCUT2D eigenvalue weighted by Crippen LogP contribution is 2.30. The second-order valence-electron chi connectivity index (χ2n) is 6.08. The molecule has 1 aromatic carbocycles. The molecule has 0 aliphatic carbocycles. The summed E-state index contributed by atoms with van der Waals surface area (Å²) in [5.41, 5.74) is 2.20. The van der Waals surface area contributed by atoms with E-state index in [9.17, 15) is 9.59 Å². The first-order valence-corrected chi connectivity index (χ1v) is 11.2. The van der Waals surface area contributed by atoms with Crippen molar-refractivity contribution in [3.8, 4) is 0 Å². The molecule has 28 heavy (non-hydrogen) atoms. The lowest BCUT2D eigenvalue weighted by molar-refractivity contribution is 0.102. The van der Waals surface area contributed by atoms with Crippen molar-refractivity contribution >= 4 is 57.2 Å². The molecule has 1 saturated heterocycles. The van der Waals surface area contributed by atoms with Crippen molar-refractivity contribution in [1.82, 2.24) is 15.5 Å². The quantitative estimate of drug-likeness (QED) is 0.455. The zero-order chi connectivity index (χ0) is 19.5. The molecule has 0 unspecified atom stereocenters. The largest absolute Gasteiger partial charge is 0.336 e. The molecule has 3 aromatic rings. The van der Waals surface area contributed by atoms with Crippen molar-refractivity contribution < 1.29 is 9.59 Å². The normalized spacial score (nSPS) is 13.6. The Morgan fingerprint density at radius 2 is 2.25 bits per heavy atom. The summed E-state index contributed by atoms with van der Waals surface area (Å²) in [7, 11) is 0. The monoisotopic (exact) mass is 431 g/mol. The lowest BCUT2D eigenvalue weighted by Gasteiger charge is -2.17. The summed E-state index contributed by atoms with van der Waals surface area (Å²) >= 11 is 4.67. The van der Waals surface area contributed by atoms with E-state index in [4.69, 9.17) is 0 Å². The van der Waals surface area contributed by atoms with Gasteiger partial charge in [0, 0.05) is 35.0 Å². The van der Waals surface area contributed by atoms with Crippen molar-refractivity contribution in [2.45, 2.75) is 17.0 Å². The van der Waals surface area contributed by atoms with Gasteiger partial charge in [0.05, 0.1) is 0 Å². The zero-order valence-electron chi connectivity index (χ0n) is 15.0. The van der Waals surface area contributed by atoms with Crippen LogP contribution in [0.3, 0.4) is 0 Å². The number of thiophene rings is 1. The van der Waals surface area contributed by atoms with E-state index in [0.29, 0.717) is 23.8 Å². The summed E-state index contributed by atoms with van der Waals surface area (Å²) in [6.07, 6.45) is 0. The van der Waals surface area contributed by atoms with E-state index >= 15 is 0 Å². The molecular weight excluding hydrogens is 414 g/mol. The van der Waals surface area contributed by atoms with E-state index in [-0.39, 0.29) is 11.9 Å². The van der Waals surface area contributed by atoms with E-state index in [0.717, 1.165) is 21.3 Å². The third kappa shape index (κ3) is 4.18. The Morgan fingerprint density at radius 1 is 1.36 bits per heavy atom. The topological polar surface area (TPSA) is 87.2 Å². The van der Waals surface area contributed by atoms with E-state index in [1.165, 1.54) is 16.2 Å². The molecule has 7 nitrogen and oxygen atoms in total. The third-order valence-electron chi connectivity index (χ3n) is 4.15. The Balaban J connectivity index is 1.39. The Kier molecular flexibility index (Phi) is 5.60. The first kappa shape index (κ1) is 18.9. The highest BCUT2D eigenvalue weighted by molar-refractivity contribution is 8.00. The number of amides is 3.